The number of hydrogen-bond acceptors (Lipinski definition) is 0. The summed E-state index contributed by atoms with van der Waals surface area (Å²) in [5.41, 5.74) is 6.65. The van der Waals surface area contributed by atoms with E-state index in [1.165, 1.54) is 43.4 Å². The molecule has 0 atom stereocenters. The molecule has 0 fully saturated rings. The topological polar surface area (TPSA) is 0 Å². The van der Waals surface area contributed by atoms with Crippen molar-refractivity contribution < 1.29 is 58.9 Å². The second-order valence-corrected chi connectivity index (χ2v) is 12.4. The predicted molar refractivity (Wildman–Crippen MR) is 128 cm³/mol. The summed E-state index contributed by atoms with van der Waals surface area (Å²) in [5, 5.41) is 6.00. The first-order chi connectivity index (χ1) is 13.9. The van der Waals surface area contributed by atoms with E-state index >= 15 is 0 Å². The molecule has 0 unspecified atom stereocenters. The monoisotopic (exact) mass is 546 g/mol. The van der Waals surface area contributed by atoms with Crippen molar-refractivity contribution in [1.29, 1.82) is 0 Å². The second kappa shape index (κ2) is 13.1. The number of allylic oxidation sites excluding steroid dienone is 4. The van der Waals surface area contributed by atoms with E-state index in [0.29, 0.717) is 0 Å². The van der Waals surface area contributed by atoms with Crippen LogP contribution in [0.25, 0.3) is 0 Å². The van der Waals surface area contributed by atoms with Crippen LogP contribution >= 0.6 is 0 Å². The van der Waals surface area contributed by atoms with Crippen molar-refractivity contribution in [3.8, 4) is 0 Å². The molecule has 0 amide bonds. The quantitative estimate of drug-likeness (QED) is 0.178. The largest absolute Gasteiger partial charge is 4.00 e. The maximum atomic E-state index is 3.66. The standard InChI is InChI=1S/C28H29Si.3ClH.Ti/c1-20-9-6-12-25(16-20)29(26-13-7-10-21(2)17-26,27-14-8-11-22(3)18-27)28-19-23(4)15-24(28)5;;;;/h6-14,16-18H,19H2,1-5H3;3*1H;/q-1;;;;+4/p-3. The number of halogens is 3. The first kappa shape index (κ1) is 31.9. The van der Waals surface area contributed by atoms with Gasteiger partial charge < -0.3 is 37.2 Å². The molecule has 0 radical (unpaired) electrons. The van der Waals surface area contributed by atoms with Gasteiger partial charge in [-0.2, -0.15) is 5.57 Å². The fourth-order valence-electron chi connectivity index (χ4n) is 4.91. The van der Waals surface area contributed by atoms with Gasteiger partial charge in [0.2, 0.25) is 0 Å². The van der Waals surface area contributed by atoms with Gasteiger partial charge in [-0.25, -0.2) is 16.8 Å². The van der Waals surface area contributed by atoms with Crippen LogP contribution in [0.15, 0.2) is 89.1 Å². The van der Waals surface area contributed by atoms with Gasteiger partial charge in [0.05, 0.1) is 8.07 Å². The molecule has 3 aromatic carbocycles. The third-order valence-corrected chi connectivity index (χ3v) is 11.1. The van der Waals surface area contributed by atoms with Crippen LogP contribution < -0.4 is 52.8 Å². The number of benzene rings is 3. The van der Waals surface area contributed by atoms with E-state index in [4.69, 9.17) is 0 Å². The summed E-state index contributed by atoms with van der Waals surface area (Å²) in [5.74, 6) is 0. The fraction of sp³-hybridized carbons (Fsp3) is 0.214. The van der Waals surface area contributed by atoms with E-state index in [9.17, 15) is 0 Å². The fourth-order valence-corrected chi connectivity index (χ4v) is 10.5. The molecule has 0 saturated heterocycles. The molecule has 0 bridgehead atoms. The van der Waals surface area contributed by atoms with Crippen molar-refractivity contribution in [2.45, 2.75) is 41.0 Å². The van der Waals surface area contributed by atoms with E-state index in [0.717, 1.165) is 6.42 Å². The molecule has 1 aliphatic carbocycles. The Morgan fingerprint density at radius 3 is 1.24 bits per heavy atom. The van der Waals surface area contributed by atoms with Gasteiger partial charge in [0.15, 0.2) is 0 Å². The zero-order valence-electron chi connectivity index (χ0n) is 19.8. The van der Waals surface area contributed by atoms with Crippen molar-refractivity contribution in [1.82, 2.24) is 0 Å². The van der Waals surface area contributed by atoms with Crippen molar-refractivity contribution in [2.24, 2.45) is 0 Å². The predicted octanol–water partition coefficient (Wildman–Crippen LogP) is -3.90. The normalized spacial score (nSPS) is 12.6. The van der Waals surface area contributed by atoms with Gasteiger partial charge in [0, 0.05) is 0 Å². The molecule has 0 aromatic heterocycles. The first-order valence-corrected chi connectivity index (χ1v) is 12.4. The van der Waals surface area contributed by atoms with E-state index in [-0.39, 0.29) is 58.9 Å². The zero-order chi connectivity index (χ0) is 20.6. The Labute approximate surface area is 234 Å². The summed E-state index contributed by atoms with van der Waals surface area (Å²) in [6.45, 7) is 11.1. The minimum Gasteiger partial charge on any atom is -1.00 e. The summed E-state index contributed by atoms with van der Waals surface area (Å²) >= 11 is 0. The second-order valence-electron chi connectivity index (χ2n) is 8.54. The third kappa shape index (κ3) is 6.15. The average molecular weight is 548 g/mol. The van der Waals surface area contributed by atoms with Gasteiger partial charge >= 0.3 is 21.7 Å². The smallest absolute Gasteiger partial charge is 1.00 e. The van der Waals surface area contributed by atoms with Crippen LogP contribution in [0.3, 0.4) is 0 Å². The zero-order valence-corrected chi connectivity index (χ0v) is 24.6. The third-order valence-electron chi connectivity index (χ3n) is 6.10. The summed E-state index contributed by atoms with van der Waals surface area (Å²) in [6, 6.07) is 27.7. The van der Waals surface area contributed by atoms with Crippen molar-refractivity contribution in [3.63, 3.8) is 0 Å². The van der Waals surface area contributed by atoms with Crippen LogP contribution in [0, 0.1) is 26.8 Å². The van der Waals surface area contributed by atoms with Crippen LogP contribution in [0.2, 0.25) is 0 Å². The Balaban J connectivity index is 0.00000256. The van der Waals surface area contributed by atoms with E-state index in [2.05, 4.69) is 113 Å². The number of rotatable bonds is 4. The van der Waals surface area contributed by atoms with Gasteiger partial charge in [-0.05, 0) is 20.8 Å². The molecule has 1 aliphatic rings. The van der Waals surface area contributed by atoms with Gasteiger partial charge in [-0.1, -0.05) is 125 Å². The molecule has 170 valence electrons. The van der Waals surface area contributed by atoms with Crippen LogP contribution in [-0.4, -0.2) is 8.07 Å². The molecular formula is C28H29Cl3SiTi. The summed E-state index contributed by atoms with van der Waals surface area (Å²) in [7, 11) is -2.39. The Morgan fingerprint density at radius 2 is 0.970 bits per heavy atom. The first-order valence-electron chi connectivity index (χ1n) is 10.4. The Morgan fingerprint density at radius 1 is 0.606 bits per heavy atom. The molecule has 33 heavy (non-hydrogen) atoms. The van der Waals surface area contributed by atoms with Gasteiger partial charge in [-0.15, -0.1) is 0 Å². The summed E-state index contributed by atoms with van der Waals surface area (Å²) in [6.07, 6.45) is 4.68. The van der Waals surface area contributed by atoms with Gasteiger partial charge in [0.1, 0.15) is 0 Å². The van der Waals surface area contributed by atoms with E-state index < -0.39 is 8.07 Å². The van der Waals surface area contributed by atoms with Gasteiger partial charge in [0.25, 0.3) is 0 Å². The Hall–Kier alpha value is -1.06. The molecule has 0 heterocycles. The van der Waals surface area contributed by atoms with Crippen LogP contribution in [0.5, 0.6) is 0 Å². The Bertz CT molecular complexity index is 1040. The van der Waals surface area contributed by atoms with Crippen LogP contribution in [0.4, 0.5) is 0 Å². The van der Waals surface area contributed by atoms with Crippen molar-refractivity contribution in [2.75, 3.05) is 0 Å². The van der Waals surface area contributed by atoms with Crippen LogP contribution in [-0.2, 0) is 21.7 Å². The molecule has 0 N–H and O–H groups in total. The maximum Gasteiger partial charge on any atom is 4.00 e. The minimum absolute atomic E-state index is 0. The summed E-state index contributed by atoms with van der Waals surface area (Å²) in [4.78, 5) is 0. The SMILES string of the molecule is CC1=[C-]C(C)=C([Si](c2cccc(C)c2)(c2cccc(C)c2)c2cccc(C)c2)C1.[Cl-].[Cl-].[Cl-].[Ti+4]. The molecular weight excluding hydrogens is 519 g/mol. The summed E-state index contributed by atoms with van der Waals surface area (Å²) < 4.78 is 0. The molecule has 0 saturated carbocycles. The van der Waals surface area contributed by atoms with Gasteiger partial charge in [-0.3, -0.25) is 0 Å². The van der Waals surface area contributed by atoms with E-state index in [1.807, 2.05) is 0 Å². The molecule has 0 nitrogen and oxygen atoms in total. The molecule has 3 aromatic rings. The van der Waals surface area contributed by atoms with Crippen LogP contribution in [0.1, 0.15) is 37.0 Å². The molecule has 0 aliphatic heterocycles. The van der Waals surface area contributed by atoms with Crippen molar-refractivity contribution in [3.05, 3.63) is 112 Å². The minimum atomic E-state index is -2.39. The number of hydrogen-bond donors (Lipinski definition) is 0. The average Bonchev–Trinajstić information content (AvgIpc) is 3.01. The molecule has 0 spiro atoms. The van der Waals surface area contributed by atoms with Crippen molar-refractivity contribution >= 4 is 23.6 Å². The van der Waals surface area contributed by atoms with E-state index in [1.54, 1.807) is 5.20 Å². The molecule has 5 heteroatoms. The number of aryl methyl sites for hydroxylation is 3. The molecule has 4 rings (SSSR count). The maximum absolute atomic E-state index is 3.66. The Kier molecular flexibility index (Phi) is 12.7.